The van der Waals surface area contributed by atoms with Gasteiger partial charge in [-0.3, -0.25) is 14.7 Å². The number of hydrogen-bond acceptors (Lipinski definition) is 5. The highest BCUT2D eigenvalue weighted by Crippen LogP contribution is 2.15. The van der Waals surface area contributed by atoms with Crippen molar-refractivity contribution in [1.82, 2.24) is 20.4 Å². The lowest BCUT2D eigenvalue weighted by atomic mass is 10.1. The molecule has 1 fully saturated rings. The van der Waals surface area contributed by atoms with Crippen molar-refractivity contribution in [2.45, 2.75) is 58.7 Å². The Kier molecular flexibility index (Phi) is 12.2. The number of halogens is 1. The van der Waals surface area contributed by atoms with E-state index in [1.165, 1.54) is 26.3 Å². The predicted octanol–water partition coefficient (Wildman–Crippen LogP) is 3.42. The Bertz CT molecular complexity index is 737. The first-order chi connectivity index (χ1) is 14.9. The van der Waals surface area contributed by atoms with Crippen LogP contribution >= 0.6 is 0 Å². The average molecular weight is 438 g/mol. The molecule has 1 aliphatic heterocycles. The van der Waals surface area contributed by atoms with Crippen LogP contribution in [-0.2, 0) is 9.53 Å². The third-order valence-corrected chi connectivity index (χ3v) is 4.67. The highest BCUT2D eigenvalue weighted by molar-refractivity contribution is 6.02. The van der Waals surface area contributed by atoms with Crippen molar-refractivity contribution < 1.29 is 18.7 Å². The van der Waals surface area contributed by atoms with Gasteiger partial charge in [0.2, 0.25) is 5.91 Å². The van der Waals surface area contributed by atoms with Crippen molar-refractivity contribution in [3.8, 4) is 0 Å². The molecule has 1 atom stereocenters. The van der Waals surface area contributed by atoms with Gasteiger partial charge in [-0.1, -0.05) is 26.0 Å². The summed E-state index contributed by atoms with van der Waals surface area (Å²) < 4.78 is 18.0. The molecule has 1 aromatic rings. The Labute approximate surface area is 184 Å². The number of amides is 2. The zero-order valence-electron chi connectivity index (χ0n) is 19.2. The number of rotatable bonds is 9. The molecule has 2 amide bonds. The molecule has 3 N–H and O–H groups in total. The number of hydrogen-bond donors (Lipinski definition) is 3. The third kappa shape index (κ3) is 9.78. The van der Waals surface area contributed by atoms with Gasteiger partial charge in [-0.05, 0) is 52.4 Å². The molecule has 1 unspecified atom stereocenters. The molecule has 1 saturated heterocycles. The smallest absolute Gasteiger partial charge is 0.271 e. The highest BCUT2D eigenvalue weighted by Gasteiger charge is 2.22. The minimum Gasteiger partial charge on any atom is -0.501 e. The molecule has 2 rings (SSSR count). The van der Waals surface area contributed by atoms with E-state index in [9.17, 15) is 14.0 Å². The van der Waals surface area contributed by atoms with Crippen molar-refractivity contribution in [3.05, 3.63) is 35.9 Å². The van der Waals surface area contributed by atoms with Crippen molar-refractivity contribution in [1.29, 1.82) is 0 Å². The number of methoxy groups -OCH3 is 1. The minimum absolute atomic E-state index is 0.00326. The molecular formula is C22H36FN5O3. The van der Waals surface area contributed by atoms with Crippen molar-refractivity contribution >= 4 is 17.5 Å². The summed E-state index contributed by atoms with van der Waals surface area (Å²) in [7, 11) is 3.53. The van der Waals surface area contributed by atoms with Gasteiger partial charge in [-0.25, -0.2) is 4.39 Å². The number of carbonyl (C=O) groups is 2. The number of alkyl halides is 1. The number of aromatic amines is 1. The van der Waals surface area contributed by atoms with E-state index in [0.29, 0.717) is 17.9 Å². The van der Waals surface area contributed by atoms with Crippen LogP contribution in [0.5, 0.6) is 0 Å². The van der Waals surface area contributed by atoms with Crippen LogP contribution in [0.25, 0.3) is 0 Å². The minimum atomic E-state index is -1.02. The molecule has 0 aromatic carbocycles. The van der Waals surface area contributed by atoms with E-state index >= 15 is 0 Å². The molecule has 1 aliphatic rings. The highest BCUT2D eigenvalue weighted by atomic mass is 19.1. The number of anilines is 1. The van der Waals surface area contributed by atoms with Gasteiger partial charge in [-0.15, -0.1) is 0 Å². The summed E-state index contributed by atoms with van der Waals surface area (Å²) in [5.41, 5.74) is 0.544. The summed E-state index contributed by atoms with van der Waals surface area (Å²) in [5.74, 6) is -0.171. The molecule has 0 bridgehead atoms. The molecule has 0 saturated carbocycles. The summed E-state index contributed by atoms with van der Waals surface area (Å²) in [6.07, 6.45) is 7.43. The van der Waals surface area contributed by atoms with Crippen LogP contribution in [-0.4, -0.2) is 66.4 Å². The number of nitrogens with zero attached hydrogens (tertiary/aromatic N) is 2. The quantitative estimate of drug-likeness (QED) is 0.406. The second-order valence-corrected chi connectivity index (χ2v) is 7.15. The van der Waals surface area contributed by atoms with E-state index in [1.807, 2.05) is 13.8 Å². The zero-order valence-corrected chi connectivity index (χ0v) is 19.2. The first-order valence-corrected chi connectivity index (χ1v) is 10.8. The average Bonchev–Trinajstić information content (AvgIpc) is 3.21. The van der Waals surface area contributed by atoms with E-state index in [0.717, 1.165) is 25.9 Å². The molecule has 1 aromatic heterocycles. The van der Waals surface area contributed by atoms with E-state index in [-0.39, 0.29) is 30.0 Å². The van der Waals surface area contributed by atoms with Crippen molar-refractivity contribution in [2.24, 2.45) is 0 Å². The molecular weight excluding hydrogens is 401 g/mol. The molecule has 174 valence electrons. The van der Waals surface area contributed by atoms with Crippen LogP contribution in [0.4, 0.5) is 10.1 Å². The first kappa shape index (κ1) is 26.4. The van der Waals surface area contributed by atoms with Gasteiger partial charge in [0, 0.05) is 6.04 Å². The fraction of sp³-hybridized carbons (Fsp3) is 0.591. The van der Waals surface area contributed by atoms with Gasteiger partial charge in [0.05, 0.1) is 25.4 Å². The van der Waals surface area contributed by atoms with Gasteiger partial charge >= 0.3 is 0 Å². The predicted molar refractivity (Wildman–Crippen MR) is 121 cm³/mol. The summed E-state index contributed by atoms with van der Waals surface area (Å²) in [4.78, 5) is 27.1. The molecule has 9 heteroatoms. The van der Waals surface area contributed by atoms with Gasteiger partial charge in [0.15, 0.2) is 0 Å². The molecule has 8 nitrogen and oxygen atoms in total. The lowest BCUT2D eigenvalue weighted by Crippen LogP contribution is -2.43. The van der Waals surface area contributed by atoms with E-state index in [4.69, 9.17) is 4.74 Å². The zero-order chi connectivity index (χ0) is 23.2. The van der Waals surface area contributed by atoms with E-state index in [1.54, 1.807) is 12.2 Å². The van der Waals surface area contributed by atoms with Crippen molar-refractivity contribution in [2.75, 3.05) is 32.6 Å². The fourth-order valence-corrected chi connectivity index (χ4v) is 3.01. The Balaban J connectivity index is 0.00000233. The maximum Gasteiger partial charge on any atom is 0.271 e. The van der Waals surface area contributed by atoms with E-state index < -0.39 is 6.17 Å². The molecule has 2 heterocycles. The molecule has 0 aliphatic carbocycles. The van der Waals surface area contributed by atoms with Gasteiger partial charge < -0.3 is 20.3 Å². The number of allylic oxidation sites excluding steroid dienone is 3. The van der Waals surface area contributed by atoms with Crippen LogP contribution in [0.2, 0.25) is 0 Å². The second-order valence-electron chi connectivity index (χ2n) is 7.15. The number of aromatic nitrogens is 2. The second kappa shape index (κ2) is 14.3. The largest absolute Gasteiger partial charge is 0.501 e. The Morgan fingerprint density at radius 1 is 1.39 bits per heavy atom. The molecule has 31 heavy (non-hydrogen) atoms. The van der Waals surface area contributed by atoms with Crippen LogP contribution in [0.15, 0.2) is 30.2 Å². The van der Waals surface area contributed by atoms with E-state index in [2.05, 4.69) is 32.8 Å². The molecule has 0 spiro atoms. The Hall–Kier alpha value is -2.68. The topological polar surface area (TPSA) is 99.3 Å². The first-order valence-electron chi connectivity index (χ1n) is 10.8. The number of H-pyrrole nitrogens is 1. The fourth-order valence-electron chi connectivity index (χ4n) is 3.01. The van der Waals surface area contributed by atoms with Crippen LogP contribution in [0.1, 0.15) is 56.9 Å². The maximum absolute atomic E-state index is 12.8. The van der Waals surface area contributed by atoms with Gasteiger partial charge in [0.25, 0.3) is 5.91 Å². The number of nitrogens with one attached hydrogen (secondary N) is 3. The lowest BCUT2D eigenvalue weighted by Gasteiger charge is -2.29. The lowest BCUT2D eigenvalue weighted by molar-refractivity contribution is -0.116. The van der Waals surface area contributed by atoms with Gasteiger partial charge in [0.1, 0.15) is 17.6 Å². The SMILES string of the molecule is CC.CO/C(=C/C/C=C\C(C)F)CC(=O)Nc1cn[nH]c1C(=O)NC1CCN(C)CC1. The number of likely N-dealkylation sites (tertiary alicyclic amines) is 1. The summed E-state index contributed by atoms with van der Waals surface area (Å²) >= 11 is 0. The van der Waals surface area contributed by atoms with Crippen LogP contribution in [0, 0.1) is 0 Å². The van der Waals surface area contributed by atoms with Crippen molar-refractivity contribution in [3.63, 3.8) is 0 Å². The normalized spacial score (nSPS) is 16.4. The Morgan fingerprint density at radius 2 is 2.06 bits per heavy atom. The van der Waals surface area contributed by atoms with Crippen LogP contribution in [0.3, 0.4) is 0 Å². The molecule has 0 radical (unpaired) electrons. The number of piperidine rings is 1. The Morgan fingerprint density at radius 3 is 2.68 bits per heavy atom. The number of carbonyl (C=O) groups excluding carboxylic acids is 2. The standard InChI is InChI=1S/C20H30FN5O3.C2H6/c1-14(21)6-4-5-7-16(29-3)12-18(27)24-17-13-22-25-19(17)20(28)23-15-8-10-26(2)11-9-15;1-2/h4,6-7,13-15H,5,8-12H2,1-3H3,(H,22,25)(H,23,28)(H,24,27);1-2H3/b6-4-,16-7+;. The van der Waals surface area contributed by atoms with Gasteiger partial charge in [-0.2, -0.15) is 5.10 Å². The summed E-state index contributed by atoms with van der Waals surface area (Å²) in [5, 5.41) is 12.2. The third-order valence-electron chi connectivity index (χ3n) is 4.67. The monoisotopic (exact) mass is 437 g/mol. The van der Waals surface area contributed by atoms with Crippen LogP contribution < -0.4 is 10.6 Å². The number of ether oxygens (including phenoxy) is 1. The summed E-state index contributed by atoms with van der Waals surface area (Å²) in [6, 6.07) is 0.105. The maximum atomic E-state index is 12.8. The summed E-state index contributed by atoms with van der Waals surface area (Å²) in [6.45, 7) is 7.31.